The zero-order chi connectivity index (χ0) is 15.5. The standard InChI is InChI=1S/C13H18F3N3O/c1-4-8(3)19(5-2)12-9(11(17)20)6-7-10(18-12)13(14,15)16/h6-8H,4-5H2,1-3H3,(H2,17,20). The van der Waals surface area contributed by atoms with Crippen molar-refractivity contribution in [2.75, 3.05) is 11.4 Å². The molecule has 4 nitrogen and oxygen atoms in total. The van der Waals surface area contributed by atoms with Crippen molar-refractivity contribution in [3.63, 3.8) is 0 Å². The highest BCUT2D eigenvalue weighted by Crippen LogP contribution is 2.31. The fraction of sp³-hybridized carbons (Fsp3) is 0.538. The van der Waals surface area contributed by atoms with Gasteiger partial charge in [-0.15, -0.1) is 0 Å². The number of anilines is 1. The Morgan fingerprint density at radius 1 is 1.40 bits per heavy atom. The quantitative estimate of drug-likeness (QED) is 0.906. The van der Waals surface area contributed by atoms with E-state index in [0.29, 0.717) is 13.0 Å². The van der Waals surface area contributed by atoms with Crippen molar-refractivity contribution < 1.29 is 18.0 Å². The molecule has 1 amide bonds. The summed E-state index contributed by atoms with van der Waals surface area (Å²) in [4.78, 5) is 16.6. The van der Waals surface area contributed by atoms with Crippen molar-refractivity contribution in [1.82, 2.24) is 4.98 Å². The van der Waals surface area contributed by atoms with Crippen LogP contribution < -0.4 is 10.6 Å². The molecule has 1 heterocycles. The highest BCUT2D eigenvalue weighted by Gasteiger charge is 2.34. The number of nitrogens with zero attached hydrogens (tertiary/aromatic N) is 2. The van der Waals surface area contributed by atoms with Crippen LogP contribution >= 0.6 is 0 Å². The normalized spacial score (nSPS) is 13.1. The summed E-state index contributed by atoms with van der Waals surface area (Å²) in [5.74, 6) is -0.799. The Morgan fingerprint density at radius 2 is 2.00 bits per heavy atom. The molecule has 0 radical (unpaired) electrons. The van der Waals surface area contributed by atoms with Gasteiger partial charge in [0, 0.05) is 12.6 Å². The number of rotatable bonds is 5. The minimum absolute atomic E-state index is 0.000139. The van der Waals surface area contributed by atoms with Gasteiger partial charge in [0.2, 0.25) is 0 Å². The van der Waals surface area contributed by atoms with Gasteiger partial charge in [0.05, 0.1) is 5.56 Å². The van der Waals surface area contributed by atoms with Crippen molar-refractivity contribution in [3.8, 4) is 0 Å². The van der Waals surface area contributed by atoms with E-state index in [1.807, 2.05) is 13.8 Å². The number of carbonyl (C=O) groups is 1. The van der Waals surface area contributed by atoms with Crippen LogP contribution in [0, 0.1) is 0 Å². The molecule has 0 aromatic carbocycles. The first-order valence-electron chi connectivity index (χ1n) is 6.37. The smallest absolute Gasteiger partial charge is 0.365 e. The number of pyridine rings is 1. The van der Waals surface area contributed by atoms with Gasteiger partial charge in [-0.05, 0) is 32.4 Å². The van der Waals surface area contributed by atoms with Gasteiger partial charge in [-0.1, -0.05) is 6.92 Å². The SMILES string of the molecule is CCC(C)N(CC)c1nc(C(F)(F)F)ccc1C(N)=O. The van der Waals surface area contributed by atoms with E-state index in [9.17, 15) is 18.0 Å². The van der Waals surface area contributed by atoms with Crippen LogP contribution in [0.5, 0.6) is 0 Å². The lowest BCUT2D eigenvalue weighted by molar-refractivity contribution is -0.141. The lowest BCUT2D eigenvalue weighted by atomic mass is 10.1. The second-order valence-electron chi connectivity index (χ2n) is 4.47. The van der Waals surface area contributed by atoms with Crippen LogP contribution in [0.25, 0.3) is 0 Å². The van der Waals surface area contributed by atoms with Gasteiger partial charge in [0.1, 0.15) is 11.5 Å². The Morgan fingerprint density at radius 3 is 2.40 bits per heavy atom. The summed E-state index contributed by atoms with van der Waals surface area (Å²) in [6.07, 6.45) is -3.84. The number of carbonyl (C=O) groups excluding carboxylic acids is 1. The Labute approximate surface area is 115 Å². The molecule has 0 aliphatic heterocycles. The third-order valence-electron chi connectivity index (χ3n) is 3.17. The molecule has 0 fully saturated rings. The summed E-state index contributed by atoms with van der Waals surface area (Å²) in [6, 6.07) is 1.81. The minimum Gasteiger partial charge on any atom is -0.365 e. The Hall–Kier alpha value is -1.79. The van der Waals surface area contributed by atoms with E-state index in [2.05, 4.69) is 4.98 Å². The number of nitrogens with two attached hydrogens (primary N) is 1. The highest BCUT2D eigenvalue weighted by molar-refractivity contribution is 5.97. The van der Waals surface area contributed by atoms with Gasteiger partial charge >= 0.3 is 6.18 Å². The van der Waals surface area contributed by atoms with Gasteiger partial charge in [0.25, 0.3) is 5.91 Å². The monoisotopic (exact) mass is 289 g/mol. The molecule has 1 unspecified atom stereocenters. The summed E-state index contributed by atoms with van der Waals surface area (Å²) in [6.45, 7) is 5.99. The number of hydrogen-bond donors (Lipinski definition) is 1. The highest BCUT2D eigenvalue weighted by atomic mass is 19.4. The average Bonchev–Trinajstić information content (AvgIpc) is 2.37. The number of primary amides is 1. The maximum absolute atomic E-state index is 12.8. The van der Waals surface area contributed by atoms with Crippen LogP contribution in [0.1, 0.15) is 43.2 Å². The van der Waals surface area contributed by atoms with Gasteiger partial charge < -0.3 is 10.6 Å². The summed E-state index contributed by atoms with van der Waals surface area (Å²) in [7, 11) is 0. The van der Waals surface area contributed by atoms with E-state index in [0.717, 1.165) is 12.1 Å². The van der Waals surface area contributed by atoms with E-state index in [-0.39, 0.29) is 17.4 Å². The van der Waals surface area contributed by atoms with E-state index >= 15 is 0 Å². The molecule has 1 aromatic heterocycles. The van der Waals surface area contributed by atoms with Crippen molar-refractivity contribution in [3.05, 3.63) is 23.4 Å². The van der Waals surface area contributed by atoms with Gasteiger partial charge in [-0.25, -0.2) is 4.98 Å². The van der Waals surface area contributed by atoms with Crippen molar-refractivity contribution in [2.45, 2.75) is 39.4 Å². The molecule has 7 heteroatoms. The number of amides is 1. The maximum atomic E-state index is 12.8. The predicted octanol–water partition coefficient (Wildman–Crippen LogP) is 2.82. The topological polar surface area (TPSA) is 59.2 Å². The molecular formula is C13H18F3N3O. The lowest BCUT2D eigenvalue weighted by Crippen LogP contribution is -2.35. The van der Waals surface area contributed by atoms with E-state index in [1.165, 1.54) is 0 Å². The molecule has 20 heavy (non-hydrogen) atoms. The largest absolute Gasteiger partial charge is 0.433 e. The molecule has 0 saturated carbocycles. The van der Waals surface area contributed by atoms with Crippen LogP contribution in [0.4, 0.5) is 19.0 Å². The molecule has 0 bridgehead atoms. The molecule has 112 valence electrons. The first-order chi connectivity index (χ1) is 9.22. The third-order valence-corrected chi connectivity index (χ3v) is 3.17. The average molecular weight is 289 g/mol. The number of aromatic nitrogens is 1. The molecule has 2 N–H and O–H groups in total. The maximum Gasteiger partial charge on any atom is 0.433 e. The molecule has 0 aliphatic carbocycles. The summed E-state index contributed by atoms with van der Waals surface area (Å²) in [5, 5.41) is 0. The predicted molar refractivity (Wildman–Crippen MR) is 70.5 cm³/mol. The number of alkyl halides is 3. The number of hydrogen-bond acceptors (Lipinski definition) is 3. The van der Waals surface area contributed by atoms with Crippen molar-refractivity contribution >= 4 is 11.7 Å². The molecule has 1 aromatic rings. The van der Waals surface area contributed by atoms with Crippen molar-refractivity contribution in [2.24, 2.45) is 5.73 Å². The molecule has 0 saturated heterocycles. The first-order valence-corrected chi connectivity index (χ1v) is 6.37. The molecule has 1 rings (SSSR count). The van der Waals surface area contributed by atoms with Gasteiger partial charge in [-0.2, -0.15) is 13.2 Å². The van der Waals surface area contributed by atoms with Crippen LogP contribution in [-0.4, -0.2) is 23.5 Å². The summed E-state index contributed by atoms with van der Waals surface area (Å²) in [5.41, 5.74) is 4.19. The van der Waals surface area contributed by atoms with E-state index < -0.39 is 17.8 Å². The molecular weight excluding hydrogens is 271 g/mol. The zero-order valence-electron chi connectivity index (χ0n) is 11.7. The van der Waals surface area contributed by atoms with Crippen molar-refractivity contribution in [1.29, 1.82) is 0 Å². The van der Waals surface area contributed by atoms with E-state index in [1.54, 1.807) is 11.8 Å². The molecule has 0 aliphatic rings. The Kier molecular flexibility index (Phi) is 4.97. The fourth-order valence-corrected chi connectivity index (χ4v) is 1.91. The number of halogens is 3. The first kappa shape index (κ1) is 16.3. The Bertz CT molecular complexity index is 488. The van der Waals surface area contributed by atoms with Crippen LogP contribution in [-0.2, 0) is 6.18 Å². The summed E-state index contributed by atoms with van der Waals surface area (Å²) < 4.78 is 38.3. The Balaban J connectivity index is 3.42. The van der Waals surface area contributed by atoms with Crippen LogP contribution in [0.3, 0.4) is 0 Å². The molecule has 0 spiro atoms. The summed E-state index contributed by atoms with van der Waals surface area (Å²) >= 11 is 0. The lowest BCUT2D eigenvalue weighted by Gasteiger charge is -2.30. The van der Waals surface area contributed by atoms with Gasteiger partial charge in [0.15, 0.2) is 0 Å². The van der Waals surface area contributed by atoms with Crippen LogP contribution in [0.2, 0.25) is 0 Å². The fourth-order valence-electron chi connectivity index (χ4n) is 1.91. The van der Waals surface area contributed by atoms with E-state index in [4.69, 9.17) is 5.73 Å². The molecule has 1 atom stereocenters. The van der Waals surface area contributed by atoms with Crippen LogP contribution in [0.15, 0.2) is 12.1 Å². The second-order valence-corrected chi connectivity index (χ2v) is 4.47. The van der Waals surface area contributed by atoms with Gasteiger partial charge in [-0.3, -0.25) is 4.79 Å². The zero-order valence-corrected chi connectivity index (χ0v) is 11.7. The third kappa shape index (κ3) is 3.40. The second kappa shape index (κ2) is 6.11. The minimum atomic E-state index is -4.56.